The van der Waals surface area contributed by atoms with Gasteiger partial charge in [0.05, 0.1) is 11.0 Å². The molecule has 1 aliphatic heterocycles. The van der Waals surface area contributed by atoms with Crippen molar-refractivity contribution < 1.29 is 17.9 Å². The zero-order valence-corrected chi connectivity index (χ0v) is 11.7. The number of rotatable bonds is 4. The van der Waals surface area contributed by atoms with Gasteiger partial charge < -0.3 is 10.1 Å². The first-order valence-corrected chi connectivity index (χ1v) is 8.22. The third kappa shape index (κ3) is 3.92. The minimum Gasteiger partial charge on any atom is -0.376 e. The Morgan fingerprint density at radius 2 is 2.26 bits per heavy atom. The molecule has 1 aromatic carbocycles. The fourth-order valence-corrected chi connectivity index (χ4v) is 2.70. The fraction of sp³-hybridized carbons (Fsp3) is 0.417. The first-order chi connectivity index (χ1) is 8.97. The summed E-state index contributed by atoms with van der Waals surface area (Å²) in [6.45, 7) is 1.15. The Hall–Kier alpha value is -1.11. The monoisotopic (exact) mass is 303 g/mol. The van der Waals surface area contributed by atoms with Crippen molar-refractivity contribution in [2.45, 2.75) is 23.8 Å². The highest BCUT2D eigenvalue weighted by molar-refractivity contribution is 8.13. The van der Waals surface area contributed by atoms with E-state index < -0.39 is 9.05 Å². The van der Waals surface area contributed by atoms with Crippen molar-refractivity contribution in [1.29, 1.82) is 0 Å². The van der Waals surface area contributed by atoms with Crippen LogP contribution in [0.1, 0.15) is 23.2 Å². The summed E-state index contributed by atoms with van der Waals surface area (Å²) in [6, 6.07) is 5.62. The van der Waals surface area contributed by atoms with E-state index in [4.69, 9.17) is 15.4 Å². The van der Waals surface area contributed by atoms with E-state index in [1.165, 1.54) is 24.3 Å². The third-order valence-electron chi connectivity index (χ3n) is 2.89. The minimum absolute atomic E-state index is 0.0453. The number of benzene rings is 1. The largest absolute Gasteiger partial charge is 0.376 e. The van der Waals surface area contributed by atoms with E-state index in [0.717, 1.165) is 19.4 Å². The Morgan fingerprint density at radius 1 is 1.47 bits per heavy atom. The second-order valence-corrected chi connectivity index (χ2v) is 6.88. The highest BCUT2D eigenvalue weighted by Crippen LogP contribution is 2.16. The van der Waals surface area contributed by atoms with Crippen LogP contribution in [-0.4, -0.2) is 33.6 Å². The van der Waals surface area contributed by atoms with Crippen LogP contribution in [0.25, 0.3) is 0 Å². The van der Waals surface area contributed by atoms with Crippen molar-refractivity contribution in [2.75, 3.05) is 13.2 Å². The summed E-state index contributed by atoms with van der Waals surface area (Å²) in [5, 5.41) is 2.72. The second-order valence-electron chi connectivity index (χ2n) is 4.31. The zero-order valence-electron chi connectivity index (χ0n) is 10.1. The number of hydrogen-bond acceptors (Lipinski definition) is 4. The summed E-state index contributed by atoms with van der Waals surface area (Å²) in [5.74, 6) is -0.335. The van der Waals surface area contributed by atoms with Crippen LogP contribution in [0.4, 0.5) is 0 Å². The van der Waals surface area contributed by atoms with Crippen LogP contribution < -0.4 is 5.32 Å². The lowest BCUT2D eigenvalue weighted by Crippen LogP contribution is -2.31. The Labute approximate surface area is 116 Å². The highest BCUT2D eigenvalue weighted by Gasteiger charge is 2.17. The van der Waals surface area contributed by atoms with Gasteiger partial charge in [-0.25, -0.2) is 8.42 Å². The average Bonchev–Trinajstić information content (AvgIpc) is 2.88. The Balaban J connectivity index is 2.02. The molecule has 0 saturated carbocycles. The summed E-state index contributed by atoms with van der Waals surface area (Å²) in [6.07, 6.45) is 1.97. The number of hydrogen-bond donors (Lipinski definition) is 1. The number of carbonyl (C=O) groups is 1. The van der Waals surface area contributed by atoms with E-state index >= 15 is 0 Å². The average molecular weight is 304 g/mol. The predicted octanol–water partition coefficient (Wildman–Crippen LogP) is 1.52. The first-order valence-electron chi connectivity index (χ1n) is 5.91. The van der Waals surface area contributed by atoms with Crippen LogP contribution >= 0.6 is 10.7 Å². The van der Waals surface area contributed by atoms with Crippen molar-refractivity contribution in [3.05, 3.63) is 29.8 Å². The normalized spacial score (nSPS) is 19.3. The summed E-state index contributed by atoms with van der Waals surface area (Å²) in [5.41, 5.74) is 0.264. The molecule has 19 heavy (non-hydrogen) atoms. The van der Waals surface area contributed by atoms with Crippen molar-refractivity contribution >= 4 is 25.6 Å². The molecule has 1 unspecified atom stereocenters. The van der Waals surface area contributed by atoms with E-state index in [1.54, 1.807) is 0 Å². The summed E-state index contributed by atoms with van der Waals surface area (Å²) < 4.78 is 27.8. The van der Waals surface area contributed by atoms with Gasteiger partial charge in [-0.1, -0.05) is 6.07 Å². The van der Waals surface area contributed by atoms with Crippen LogP contribution in [0.15, 0.2) is 29.2 Å². The molecule has 1 heterocycles. The molecule has 1 amide bonds. The van der Waals surface area contributed by atoms with Crippen LogP contribution in [0.2, 0.25) is 0 Å². The number of amides is 1. The van der Waals surface area contributed by atoms with E-state index in [9.17, 15) is 13.2 Å². The minimum atomic E-state index is -3.82. The molecule has 1 aromatic rings. The van der Waals surface area contributed by atoms with Gasteiger partial charge in [-0.15, -0.1) is 0 Å². The molecule has 0 radical (unpaired) electrons. The van der Waals surface area contributed by atoms with Gasteiger partial charge in [-0.05, 0) is 31.0 Å². The molecule has 2 rings (SSSR count). The van der Waals surface area contributed by atoms with Gasteiger partial charge in [-0.2, -0.15) is 0 Å². The molecular weight excluding hydrogens is 290 g/mol. The van der Waals surface area contributed by atoms with Crippen molar-refractivity contribution in [2.24, 2.45) is 0 Å². The number of ether oxygens (including phenoxy) is 1. The number of nitrogens with one attached hydrogen (secondary N) is 1. The number of carbonyl (C=O) groups excluding carboxylic acids is 1. The van der Waals surface area contributed by atoms with Gasteiger partial charge in [0.1, 0.15) is 0 Å². The van der Waals surface area contributed by atoms with Gasteiger partial charge in [0.2, 0.25) is 0 Å². The Morgan fingerprint density at radius 3 is 2.89 bits per heavy atom. The lowest BCUT2D eigenvalue weighted by molar-refractivity contribution is 0.0857. The molecule has 5 nitrogen and oxygen atoms in total. The van der Waals surface area contributed by atoms with Gasteiger partial charge in [0.15, 0.2) is 0 Å². The SMILES string of the molecule is O=C(NCC1CCCO1)c1cccc(S(=O)(=O)Cl)c1. The topological polar surface area (TPSA) is 72.5 Å². The summed E-state index contributed by atoms with van der Waals surface area (Å²) in [7, 11) is 1.41. The molecular formula is C12H14ClNO4S. The molecule has 1 atom stereocenters. The van der Waals surface area contributed by atoms with Crippen molar-refractivity contribution in [1.82, 2.24) is 5.32 Å². The first kappa shape index (κ1) is 14.3. The van der Waals surface area contributed by atoms with E-state index in [2.05, 4.69) is 5.32 Å². The van der Waals surface area contributed by atoms with Gasteiger partial charge in [-0.3, -0.25) is 4.79 Å². The maximum Gasteiger partial charge on any atom is 0.261 e. The third-order valence-corrected chi connectivity index (χ3v) is 4.24. The summed E-state index contributed by atoms with van der Waals surface area (Å²) in [4.78, 5) is 11.8. The second kappa shape index (κ2) is 5.90. The molecule has 1 fully saturated rings. The molecule has 0 aliphatic carbocycles. The predicted molar refractivity (Wildman–Crippen MR) is 70.8 cm³/mol. The highest BCUT2D eigenvalue weighted by atomic mass is 35.7. The maximum atomic E-state index is 11.9. The molecule has 0 bridgehead atoms. The van der Waals surface area contributed by atoms with Crippen LogP contribution in [-0.2, 0) is 13.8 Å². The smallest absolute Gasteiger partial charge is 0.261 e. The maximum absolute atomic E-state index is 11.9. The van der Waals surface area contributed by atoms with Crippen LogP contribution in [0.5, 0.6) is 0 Å². The van der Waals surface area contributed by atoms with Crippen molar-refractivity contribution in [3.8, 4) is 0 Å². The van der Waals surface area contributed by atoms with Crippen LogP contribution in [0, 0.1) is 0 Å². The molecule has 1 aliphatic rings. The molecule has 7 heteroatoms. The van der Waals surface area contributed by atoms with Gasteiger partial charge in [0.25, 0.3) is 15.0 Å². The van der Waals surface area contributed by atoms with Crippen LogP contribution in [0.3, 0.4) is 0 Å². The zero-order chi connectivity index (χ0) is 13.9. The van der Waals surface area contributed by atoms with Gasteiger partial charge >= 0.3 is 0 Å². The van der Waals surface area contributed by atoms with E-state index in [0.29, 0.717) is 6.54 Å². The molecule has 0 spiro atoms. The quantitative estimate of drug-likeness (QED) is 0.856. The van der Waals surface area contributed by atoms with Crippen molar-refractivity contribution in [3.63, 3.8) is 0 Å². The standard InChI is InChI=1S/C12H14ClNO4S/c13-19(16,17)11-5-1-3-9(7-11)12(15)14-8-10-4-2-6-18-10/h1,3,5,7,10H,2,4,6,8H2,(H,14,15). The molecule has 104 valence electrons. The molecule has 1 saturated heterocycles. The summed E-state index contributed by atoms with van der Waals surface area (Å²) >= 11 is 0. The Kier molecular flexibility index (Phi) is 4.44. The van der Waals surface area contributed by atoms with Gasteiger partial charge in [0, 0.05) is 29.4 Å². The Bertz CT molecular complexity index is 567. The lowest BCUT2D eigenvalue weighted by atomic mass is 10.2. The van der Waals surface area contributed by atoms with E-state index in [1.807, 2.05) is 0 Å². The fourth-order valence-electron chi connectivity index (χ4n) is 1.90. The number of halogens is 1. The molecule has 0 aromatic heterocycles. The molecule has 1 N–H and O–H groups in total. The van der Waals surface area contributed by atoms with E-state index in [-0.39, 0.29) is 22.5 Å². The lowest BCUT2D eigenvalue weighted by Gasteiger charge is -2.11.